The van der Waals surface area contributed by atoms with Gasteiger partial charge in [0, 0.05) is 25.0 Å². The summed E-state index contributed by atoms with van der Waals surface area (Å²) >= 11 is 6.10. The summed E-state index contributed by atoms with van der Waals surface area (Å²) in [6.45, 7) is 1.46. The van der Waals surface area contributed by atoms with Crippen molar-refractivity contribution in [2.24, 2.45) is 0 Å². The Morgan fingerprint density at radius 1 is 1.50 bits per heavy atom. The predicted molar refractivity (Wildman–Crippen MR) is 62.9 cm³/mol. The standard InChI is InChI=1S/C11H10ClN3O/c1-8(16)14-9-2-3-11(10(12)6-9)15-5-4-13-7-15/h2-7H,1H3,(H,14,16). The average Bonchev–Trinajstić information content (AvgIpc) is 2.69. The molecule has 0 spiro atoms. The van der Waals surface area contributed by atoms with Crippen molar-refractivity contribution in [2.75, 3.05) is 5.32 Å². The molecule has 1 heterocycles. The molecule has 82 valence electrons. The van der Waals surface area contributed by atoms with Gasteiger partial charge >= 0.3 is 0 Å². The Hall–Kier alpha value is -1.81. The molecule has 16 heavy (non-hydrogen) atoms. The number of hydrogen-bond donors (Lipinski definition) is 1. The number of imidazole rings is 1. The summed E-state index contributed by atoms with van der Waals surface area (Å²) in [5.41, 5.74) is 1.51. The molecule has 0 bridgehead atoms. The van der Waals surface area contributed by atoms with Gasteiger partial charge in [-0.25, -0.2) is 4.98 Å². The number of aromatic nitrogens is 2. The Bertz CT molecular complexity index is 508. The Morgan fingerprint density at radius 2 is 2.31 bits per heavy atom. The highest BCUT2D eigenvalue weighted by Crippen LogP contribution is 2.24. The van der Waals surface area contributed by atoms with Crippen LogP contribution in [0.5, 0.6) is 0 Å². The maximum absolute atomic E-state index is 10.9. The van der Waals surface area contributed by atoms with Crippen LogP contribution in [-0.2, 0) is 4.79 Å². The summed E-state index contributed by atoms with van der Waals surface area (Å²) in [6.07, 6.45) is 5.15. The molecule has 0 aliphatic heterocycles. The lowest BCUT2D eigenvalue weighted by atomic mass is 10.2. The highest BCUT2D eigenvalue weighted by atomic mass is 35.5. The van der Waals surface area contributed by atoms with E-state index in [1.807, 2.05) is 6.07 Å². The van der Waals surface area contributed by atoms with Gasteiger partial charge in [0.25, 0.3) is 0 Å². The lowest BCUT2D eigenvalue weighted by Crippen LogP contribution is -2.05. The van der Waals surface area contributed by atoms with E-state index < -0.39 is 0 Å². The molecule has 0 aliphatic carbocycles. The van der Waals surface area contributed by atoms with Gasteiger partial charge in [0.15, 0.2) is 0 Å². The van der Waals surface area contributed by atoms with E-state index in [9.17, 15) is 4.79 Å². The number of amides is 1. The Balaban J connectivity index is 2.34. The van der Waals surface area contributed by atoms with Crippen LogP contribution in [0.3, 0.4) is 0 Å². The van der Waals surface area contributed by atoms with Crippen molar-refractivity contribution in [3.8, 4) is 5.69 Å². The Morgan fingerprint density at radius 3 is 2.88 bits per heavy atom. The van der Waals surface area contributed by atoms with Crippen LogP contribution in [0.4, 0.5) is 5.69 Å². The Kier molecular flexibility index (Phi) is 2.92. The molecule has 1 aromatic carbocycles. The molecule has 0 atom stereocenters. The smallest absolute Gasteiger partial charge is 0.221 e. The first-order chi connectivity index (χ1) is 7.66. The number of nitrogens with one attached hydrogen (secondary N) is 1. The number of benzene rings is 1. The van der Waals surface area contributed by atoms with Crippen LogP contribution in [0.1, 0.15) is 6.92 Å². The zero-order valence-corrected chi connectivity index (χ0v) is 9.40. The molecule has 2 aromatic rings. The SMILES string of the molecule is CC(=O)Nc1ccc(-n2ccnc2)c(Cl)c1. The second-order valence-electron chi connectivity index (χ2n) is 3.32. The van der Waals surface area contributed by atoms with Crippen LogP contribution in [0.25, 0.3) is 5.69 Å². The fraction of sp³-hybridized carbons (Fsp3) is 0.0909. The summed E-state index contributed by atoms with van der Waals surface area (Å²) in [6, 6.07) is 5.33. The van der Waals surface area contributed by atoms with E-state index in [0.29, 0.717) is 10.7 Å². The number of hydrogen-bond acceptors (Lipinski definition) is 2. The average molecular weight is 236 g/mol. The number of halogens is 1. The van der Waals surface area contributed by atoms with E-state index in [-0.39, 0.29) is 5.91 Å². The van der Waals surface area contributed by atoms with Gasteiger partial charge in [0.1, 0.15) is 0 Å². The van der Waals surface area contributed by atoms with Gasteiger partial charge in [-0.15, -0.1) is 0 Å². The number of anilines is 1. The number of nitrogens with zero attached hydrogens (tertiary/aromatic N) is 2. The van der Waals surface area contributed by atoms with Gasteiger partial charge < -0.3 is 9.88 Å². The molecule has 1 N–H and O–H groups in total. The number of carbonyl (C=O) groups excluding carboxylic acids is 1. The zero-order chi connectivity index (χ0) is 11.5. The van der Waals surface area contributed by atoms with Crippen LogP contribution < -0.4 is 5.32 Å². The van der Waals surface area contributed by atoms with Crippen molar-refractivity contribution < 1.29 is 4.79 Å². The van der Waals surface area contributed by atoms with Crippen molar-refractivity contribution in [3.63, 3.8) is 0 Å². The van der Waals surface area contributed by atoms with Crippen LogP contribution >= 0.6 is 11.6 Å². The molecule has 0 radical (unpaired) electrons. The molecule has 0 aliphatic rings. The van der Waals surface area contributed by atoms with E-state index in [2.05, 4.69) is 10.3 Å². The first-order valence-electron chi connectivity index (χ1n) is 4.72. The summed E-state index contributed by atoms with van der Waals surface area (Å²) in [5.74, 6) is -0.119. The molecule has 0 fully saturated rings. The van der Waals surface area contributed by atoms with Gasteiger partial charge in [-0.3, -0.25) is 4.79 Å². The second-order valence-corrected chi connectivity index (χ2v) is 3.72. The minimum atomic E-state index is -0.119. The van der Waals surface area contributed by atoms with Crippen LogP contribution in [0, 0.1) is 0 Å². The lowest BCUT2D eigenvalue weighted by molar-refractivity contribution is -0.114. The van der Waals surface area contributed by atoms with Crippen LogP contribution in [-0.4, -0.2) is 15.5 Å². The lowest BCUT2D eigenvalue weighted by Gasteiger charge is -2.07. The third kappa shape index (κ3) is 2.23. The molecule has 0 unspecified atom stereocenters. The minimum absolute atomic E-state index is 0.119. The van der Waals surface area contributed by atoms with Crippen molar-refractivity contribution >= 4 is 23.2 Å². The number of rotatable bonds is 2. The summed E-state index contributed by atoms with van der Waals surface area (Å²) in [4.78, 5) is 14.8. The van der Waals surface area contributed by atoms with E-state index in [1.165, 1.54) is 6.92 Å². The van der Waals surface area contributed by atoms with E-state index in [1.54, 1.807) is 35.4 Å². The maximum atomic E-state index is 10.9. The molecule has 4 nitrogen and oxygen atoms in total. The van der Waals surface area contributed by atoms with Crippen molar-refractivity contribution in [1.82, 2.24) is 9.55 Å². The van der Waals surface area contributed by atoms with E-state index >= 15 is 0 Å². The molecule has 1 amide bonds. The largest absolute Gasteiger partial charge is 0.326 e. The third-order valence-corrected chi connectivity index (χ3v) is 2.35. The molecule has 1 aromatic heterocycles. The van der Waals surface area contributed by atoms with Crippen molar-refractivity contribution in [2.45, 2.75) is 6.92 Å². The van der Waals surface area contributed by atoms with Gasteiger partial charge in [0.05, 0.1) is 17.0 Å². The van der Waals surface area contributed by atoms with Gasteiger partial charge in [0.2, 0.25) is 5.91 Å². The van der Waals surface area contributed by atoms with Crippen LogP contribution in [0.2, 0.25) is 5.02 Å². The summed E-state index contributed by atoms with van der Waals surface area (Å²) in [7, 11) is 0. The Labute approximate surface area is 97.9 Å². The normalized spacial score (nSPS) is 10.1. The minimum Gasteiger partial charge on any atom is -0.326 e. The van der Waals surface area contributed by atoms with Crippen molar-refractivity contribution in [3.05, 3.63) is 41.9 Å². The molecule has 0 saturated carbocycles. The van der Waals surface area contributed by atoms with Gasteiger partial charge in [-0.2, -0.15) is 0 Å². The fourth-order valence-electron chi connectivity index (χ4n) is 1.40. The topological polar surface area (TPSA) is 46.9 Å². The van der Waals surface area contributed by atoms with E-state index in [4.69, 9.17) is 11.6 Å². The van der Waals surface area contributed by atoms with Crippen LogP contribution in [0.15, 0.2) is 36.9 Å². The highest BCUT2D eigenvalue weighted by Gasteiger charge is 2.04. The highest BCUT2D eigenvalue weighted by molar-refractivity contribution is 6.32. The predicted octanol–water partition coefficient (Wildman–Crippen LogP) is 2.48. The summed E-state index contributed by atoms with van der Waals surface area (Å²) < 4.78 is 1.81. The number of carbonyl (C=O) groups is 1. The van der Waals surface area contributed by atoms with E-state index in [0.717, 1.165) is 5.69 Å². The fourth-order valence-corrected chi connectivity index (χ4v) is 1.68. The molecule has 0 saturated heterocycles. The summed E-state index contributed by atoms with van der Waals surface area (Å²) in [5, 5.41) is 3.23. The third-order valence-electron chi connectivity index (χ3n) is 2.05. The van der Waals surface area contributed by atoms with Gasteiger partial charge in [-0.05, 0) is 18.2 Å². The van der Waals surface area contributed by atoms with Gasteiger partial charge in [-0.1, -0.05) is 11.6 Å². The molecular formula is C11H10ClN3O. The monoisotopic (exact) mass is 235 g/mol. The second kappa shape index (κ2) is 4.37. The van der Waals surface area contributed by atoms with Crippen molar-refractivity contribution in [1.29, 1.82) is 0 Å². The molecule has 5 heteroatoms. The maximum Gasteiger partial charge on any atom is 0.221 e. The molecular weight excluding hydrogens is 226 g/mol. The first-order valence-corrected chi connectivity index (χ1v) is 5.10. The zero-order valence-electron chi connectivity index (χ0n) is 8.64. The molecule has 2 rings (SSSR count). The quantitative estimate of drug-likeness (QED) is 0.869. The first kappa shape index (κ1) is 10.7.